The zero-order valence-corrected chi connectivity index (χ0v) is 15.1. The van der Waals surface area contributed by atoms with Crippen molar-refractivity contribution in [2.24, 2.45) is 0 Å². The maximum Gasteiger partial charge on any atom is 0.340 e. The van der Waals surface area contributed by atoms with Crippen LogP contribution in [0.5, 0.6) is 5.88 Å². The Bertz CT molecular complexity index is 817. The Kier molecular flexibility index (Phi) is 5.53. The first-order chi connectivity index (χ1) is 12.7. The third-order valence-corrected chi connectivity index (χ3v) is 4.64. The molecule has 0 saturated heterocycles. The summed E-state index contributed by atoms with van der Waals surface area (Å²) in [6.07, 6.45) is 0.655. The van der Waals surface area contributed by atoms with E-state index in [9.17, 15) is 22.4 Å². The second kappa shape index (κ2) is 7.55. The third kappa shape index (κ3) is 4.14. The molecule has 0 fully saturated rings. The van der Waals surface area contributed by atoms with Crippen LogP contribution in [0, 0.1) is 0 Å². The molecule has 3 rings (SSSR count). The summed E-state index contributed by atoms with van der Waals surface area (Å²) in [5.41, 5.74) is 1.30. The van der Waals surface area contributed by atoms with Crippen LogP contribution in [0.15, 0.2) is 35.7 Å². The van der Waals surface area contributed by atoms with E-state index in [0.29, 0.717) is 17.7 Å². The maximum atomic E-state index is 12.9. The number of nitrogens with zero attached hydrogens (tertiary/aromatic N) is 2. The number of pyridine rings is 1. The van der Waals surface area contributed by atoms with E-state index in [1.54, 1.807) is 12.3 Å². The van der Waals surface area contributed by atoms with Gasteiger partial charge in [-0.1, -0.05) is 23.2 Å². The van der Waals surface area contributed by atoms with E-state index in [2.05, 4.69) is 15.0 Å². The number of hydrogen-bond acceptors (Lipinski definition) is 4. The van der Waals surface area contributed by atoms with Gasteiger partial charge in [-0.3, -0.25) is 4.79 Å². The fraction of sp³-hybridized carbons (Fsp3) is 0.375. The summed E-state index contributed by atoms with van der Waals surface area (Å²) in [4.78, 5) is 17.7. The number of alkyl halides is 5. The number of amides is 1. The summed E-state index contributed by atoms with van der Waals surface area (Å²) in [6, 6.07) is 1.38. The molecule has 1 atom stereocenters. The highest BCUT2D eigenvalue weighted by Crippen LogP contribution is 2.30. The number of dihydropyridines is 1. The summed E-state index contributed by atoms with van der Waals surface area (Å²) in [7, 11) is 0. The van der Waals surface area contributed by atoms with E-state index in [0.717, 1.165) is 5.57 Å². The van der Waals surface area contributed by atoms with E-state index in [-0.39, 0.29) is 23.4 Å². The number of ether oxygens (including phenoxy) is 1. The van der Waals surface area contributed by atoms with Gasteiger partial charge in [0, 0.05) is 24.9 Å². The van der Waals surface area contributed by atoms with Crippen molar-refractivity contribution < 1.29 is 27.1 Å². The highest BCUT2D eigenvalue weighted by molar-refractivity contribution is 6.31. The van der Waals surface area contributed by atoms with Gasteiger partial charge in [-0.2, -0.15) is 8.78 Å². The second-order valence-electron chi connectivity index (χ2n) is 5.94. The lowest BCUT2D eigenvalue weighted by atomic mass is 10.1. The van der Waals surface area contributed by atoms with E-state index >= 15 is 0 Å². The molecule has 1 N–H and O–H groups in total. The van der Waals surface area contributed by atoms with Gasteiger partial charge in [0.05, 0.1) is 0 Å². The molecule has 1 aromatic heterocycles. The van der Waals surface area contributed by atoms with Crippen molar-refractivity contribution in [2.45, 2.75) is 24.4 Å². The molecule has 2 aliphatic heterocycles. The van der Waals surface area contributed by atoms with Gasteiger partial charge >= 0.3 is 12.3 Å². The van der Waals surface area contributed by atoms with E-state index in [4.69, 9.17) is 23.2 Å². The van der Waals surface area contributed by atoms with Crippen molar-refractivity contribution in [1.29, 1.82) is 0 Å². The van der Waals surface area contributed by atoms with Gasteiger partial charge < -0.3 is 15.0 Å². The molecule has 5 nitrogen and oxygen atoms in total. The normalized spacial score (nSPS) is 19.6. The van der Waals surface area contributed by atoms with E-state index < -0.39 is 24.5 Å². The number of carbonyl (C=O) groups excluding carboxylic acids is 1. The highest BCUT2D eigenvalue weighted by Gasteiger charge is 2.42. The van der Waals surface area contributed by atoms with Gasteiger partial charge in [-0.15, -0.1) is 0 Å². The molecule has 2 aliphatic rings. The molecule has 0 radical (unpaired) electrons. The summed E-state index contributed by atoms with van der Waals surface area (Å²) < 4.78 is 54.7. The van der Waals surface area contributed by atoms with Crippen LogP contribution in [-0.4, -0.2) is 46.8 Å². The Morgan fingerprint density at radius 3 is 2.81 bits per heavy atom. The predicted molar refractivity (Wildman–Crippen MR) is 90.1 cm³/mol. The molecule has 0 aliphatic carbocycles. The van der Waals surface area contributed by atoms with Crippen LogP contribution < -0.4 is 10.1 Å². The zero-order chi connectivity index (χ0) is 19.8. The molecule has 146 valence electrons. The molecule has 1 aromatic rings. The molecule has 0 saturated carbocycles. The fourth-order valence-corrected chi connectivity index (χ4v) is 3.12. The molecule has 1 amide bonds. The number of halogens is 6. The topological polar surface area (TPSA) is 54.5 Å². The third-order valence-electron chi connectivity index (χ3n) is 3.98. The van der Waals surface area contributed by atoms with Crippen molar-refractivity contribution in [3.63, 3.8) is 0 Å². The Labute approximate surface area is 161 Å². The number of nitrogens with one attached hydrogen (secondary N) is 1. The molecule has 1 unspecified atom stereocenters. The Hall–Kier alpha value is -2.00. The van der Waals surface area contributed by atoms with Gasteiger partial charge in [-0.05, 0) is 29.5 Å². The zero-order valence-electron chi connectivity index (χ0n) is 13.6. The molecule has 11 heteroatoms. The summed E-state index contributed by atoms with van der Waals surface area (Å²) in [6.45, 7) is -1.08. The minimum absolute atomic E-state index is 0.126. The minimum Gasteiger partial charge on any atom is -0.470 e. The SMILES string of the molecule is O=C1C2=C(CN1Cc1cnc(OCC(F)(F)C(F)F)c(Cl)c1)C(Cl)NC=C2. The Morgan fingerprint density at radius 1 is 1.44 bits per heavy atom. The van der Waals surface area contributed by atoms with Crippen molar-refractivity contribution in [1.82, 2.24) is 15.2 Å². The molecule has 3 heterocycles. The molecule has 0 aromatic carbocycles. The number of rotatable bonds is 6. The van der Waals surface area contributed by atoms with Crippen molar-refractivity contribution in [2.75, 3.05) is 13.2 Å². The van der Waals surface area contributed by atoms with Crippen LogP contribution in [-0.2, 0) is 11.3 Å². The summed E-state index contributed by atoms with van der Waals surface area (Å²) in [5, 5.41) is 2.77. The molecule has 0 bridgehead atoms. The fourth-order valence-electron chi connectivity index (χ4n) is 2.62. The van der Waals surface area contributed by atoms with Crippen LogP contribution in [0.25, 0.3) is 0 Å². The quantitative estimate of drug-likeness (QED) is 0.431. The van der Waals surface area contributed by atoms with E-state index in [1.165, 1.54) is 17.2 Å². The van der Waals surface area contributed by atoms with Gasteiger partial charge in [0.15, 0.2) is 6.61 Å². The van der Waals surface area contributed by atoms with Gasteiger partial charge in [0.2, 0.25) is 5.88 Å². The minimum atomic E-state index is -4.31. The lowest BCUT2D eigenvalue weighted by Crippen LogP contribution is -2.34. The molecular formula is C16H13Cl2F4N3O2. The highest BCUT2D eigenvalue weighted by atomic mass is 35.5. The van der Waals surface area contributed by atoms with Crippen molar-refractivity contribution >= 4 is 29.1 Å². The van der Waals surface area contributed by atoms with Crippen molar-refractivity contribution in [3.8, 4) is 5.88 Å². The van der Waals surface area contributed by atoms with Crippen LogP contribution >= 0.6 is 23.2 Å². The molecular weight excluding hydrogens is 413 g/mol. The average Bonchev–Trinajstić information content (AvgIpc) is 2.92. The summed E-state index contributed by atoms with van der Waals surface area (Å²) in [5.74, 6) is -4.91. The molecule has 0 spiro atoms. The van der Waals surface area contributed by atoms with Crippen LogP contribution in [0.3, 0.4) is 0 Å². The predicted octanol–water partition coefficient (Wildman–Crippen LogP) is 3.33. The van der Waals surface area contributed by atoms with Crippen LogP contribution in [0.1, 0.15) is 5.56 Å². The first-order valence-corrected chi connectivity index (χ1v) is 8.52. The number of carbonyl (C=O) groups is 1. The molecule has 27 heavy (non-hydrogen) atoms. The van der Waals surface area contributed by atoms with Crippen molar-refractivity contribution in [3.05, 3.63) is 46.3 Å². The van der Waals surface area contributed by atoms with Gasteiger partial charge in [-0.25, -0.2) is 13.8 Å². The second-order valence-corrected chi connectivity index (χ2v) is 6.79. The first-order valence-electron chi connectivity index (χ1n) is 7.71. The standard InChI is InChI=1S/C16H13Cl2F4N3O2/c17-11-3-8(4-24-13(11)27-7-16(21,22)15(19)20)5-25-6-10-9(14(25)26)1-2-23-12(10)18/h1-4,12,15,23H,5-7H2. The Morgan fingerprint density at radius 2 is 2.19 bits per heavy atom. The Balaban J connectivity index is 1.65. The first kappa shape index (κ1) is 19.8. The van der Waals surface area contributed by atoms with Gasteiger partial charge in [0.25, 0.3) is 5.91 Å². The van der Waals surface area contributed by atoms with Crippen LogP contribution in [0.2, 0.25) is 5.02 Å². The number of hydrogen-bond donors (Lipinski definition) is 1. The maximum absolute atomic E-state index is 12.9. The monoisotopic (exact) mass is 425 g/mol. The number of aromatic nitrogens is 1. The van der Waals surface area contributed by atoms with Gasteiger partial charge in [0.1, 0.15) is 10.5 Å². The largest absolute Gasteiger partial charge is 0.470 e. The lowest BCUT2D eigenvalue weighted by molar-refractivity contribution is -0.148. The average molecular weight is 426 g/mol. The lowest BCUT2D eigenvalue weighted by Gasteiger charge is -2.19. The van der Waals surface area contributed by atoms with E-state index in [1.807, 2.05) is 0 Å². The smallest absolute Gasteiger partial charge is 0.340 e. The summed E-state index contributed by atoms with van der Waals surface area (Å²) >= 11 is 12.1. The van der Waals surface area contributed by atoms with Crippen LogP contribution in [0.4, 0.5) is 17.6 Å².